The first-order chi connectivity index (χ1) is 15.4. The number of esters is 1. The molecule has 0 aliphatic rings. The fourth-order valence-corrected chi connectivity index (χ4v) is 2.12. The third kappa shape index (κ3) is 6.68. The second-order valence-electron chi connectivity index (χ2n) is 5.57. The van der Waals surface area contributed by atoms with E-state index >= 15 is 0 Å². The number of carbonyl (C=O) groups is 3. The number of halogens is 1. The SMILES string of the molecule is CO/N=C(/C(=O)NOCCO)c1ccccc1Oc1ncnc(OC(=O)CC(=O)O)c1F. The van der Waals surface area contributed by atoms with E-state index < -0.39 is 41.8 Å². The minimum Gasteiger partial charge on any atom is -0.481 e. The smallest absolute Gasteiger partial charge is 0.323 e. The lowest BCUT2D eigenvalue weighted by Gasteiger charge is -2.13. The van der Waals surface area contributed by atoms with Gasteiger partial charge in [0.25, 0.3) is 17.7 Å². The van der Waals surface area contributed by atoms with Crippen LogP contribution in [0.2, 0.25) is 0 Å². The third-order valence-electron chi connectivity index (χ3n) is 3.34. The lowest BCUT2D eigenvalue weighted by Crippen LogP contribution is -2.33. The van der Waals surface area contributed by atoms with Crippen molar-refractivity contribution in [1.82, 2.24) is 15.4 Å². The molecule has 32 heavy (non-hydrogen) atoms. The van der Waals surface area contributed by atoms with Gasteiger partial charge in [0.1, 0.15) is 25.6 Å². The molecule has 170 valence electrons. The van der Waals surface area contributed by atoms with E-state index in [-0.39, 0.29) is 30.2 Å². The molecule has 1 heterocycles. The van der Waals surface area contributed by atoms with Gasteiger partial charge in [-0.2, -0.15) is 14.4 Å². The minimum absolute atomic E-state index is 0.0434. The number of carboxylic acids is 1. The molecule has 1 amide bonds. The molecule has 0 radical (unpaired) electrons. The average Bonchev–Trinajstić information content (AvgIpc) is 2.75. The van der Waals surface area contributed by atoms with E-state index in [2.05, 4.69) is 24.7 Å². The fourth-order valence-electron chi connectivity index (χ4n) is 2.12. The van der Waals surface area contributed by atoms with E-state index in [1.807, 2.05) is 5.48 Å². The number of oxime groups is 1. The standard InChI is InChI=1S/C18H17FN4O9/c1-29-22-15(16(28)23-30-7-6-24)10-4-2-3-5-11(10)31-17-14(19)18(21-9-20-17)32-13(27)8-12(25)26/h2-5,9,24H,6-8H2,1H3,(H,23,28)(H,25,26)/b22-15+. The number of benzene rings is 1. The van der Waals surface area contributed by atoms with Gasteiger partial charge in [-0.25, -0.2) is 5.48 Å². The van der Waals surface area contributed by atoms with E-state index in [1.165, 1.54) is 31.4 Å². The number of amides is 1. The molecule has 14 heteroatoms. The number of aliphatic hydroxyl groups excluding tert-OH is 1. The second kappa shape index (κ2) is 11.9. The van der Waals surface area contributed by atoms with E-state index in [1.54, 1.807) is 0 Å². The van der Waals surface area contributed by atoms with Gasteiger partial charge in [0.05, 0.1) is 18.8 Å². The largest absolute Gasteiger partial charge is 0.481 e. The first-order valence-corrected chi connectivity index (χ1v) is 8.71. The summed E-state index contributed by atoms with van der Waals surface area (Å²) in [6.45, 7) is -0.525. The number of rotatable bonds is 11. The normalized spacial score (nSPS) is 10.9. The van der Waals surface area contributed by atoms with E-state index in [4.69, 9.17) is 19.8 Å². The number of ether oxygens (including phenoxy) is 2. The summed E-state index contributed by atoms with van der Waals surface area (Å²) in [5.74, 6) is -6.50. The number of nitrogens with one attached hydrogen (secondary N) is 1. The zero-order valence-electron chi connectivity index (χ0n) is 16.5. The Hall–Kier alpha value is -4.17. The summed E-state index contributed by atoms with van der Waals surface area (Å²) >= 11 is 0. The summed E-state index contributed by atoms with van der Waals surface area (Å²) in [5.41, 5.74) is 1.77. The summed E-state index contributed by atoms with van der Waals surface area (Å²) in [4.78, 5) is 50.9. The van der Waals surface area contributed by atoms with Crippen LogP contribution in [0.1, 0.15) is 12.0 Å². The minimum atomic E-state index is -1.47. The molecule has 0 fully saturated rings. The highest BCUT2D eigenvalue weighted by atomic mass is 19.1. The van der Waals surface area contributed by atoms with Crippen LogP contribution in [-0.2, 0) is 24.1 Å². The summed E-state index contributed by atoms with van der Waals surface area (Å²) in [6, 6.07) is 5.81. The number of carboxylic acid groups (broad SMARTS) is 1. The van der Waals surface area contributed by atoms with Crippen molar-refractivity contribution < 1.29 is 48.1 Å². The van der Waals surface area contributed by atoms with Crippen LogP contribution in [-0.4, -0.2) is 64.1 Å². The van der Waals surface area contributed by atoms with Gasteiger partial charge < -0.3 is 24.5 Å². The number of aromatic nitrogens is 2. The Balaban J connectivity index is 2.32. The van der Waals surface area contributed by atoms with Gasteiger partial charge in [0.2, 0.25) is 5.82 Å². The summed E-state index contributed by atoms with van der Waals surface area (Å²) < 4.78 is 24.6. The summed E-state index contributed by atoms with van der Waals surface area (Å²) in [6.07, 6.45) is -0.184. The molecule has 0 aliphatic carbocycles. The Morgan fingerprint density at radius 3 is 2.59 bits per heavy atom. The Labute approximate surface area is 179 Å². The maximum Gasteiger partial charge on any atom is 0.323 e. The number of hydrogen-bond donors (Lipinski definition) is 3. The van der Waals surface area contributed by atoms with Crippen molar-refractivity contribution in [3.63, 3.8) is 0 Å². The lowest BCUT2D eigenvalue weighted by atomic mass is 10.1. The van der Waals surface area contributed by atoms with Gasteiger partial charge in [0, 0.05) is 0 Å². The molecule has 0 saturated heterocycles. The molecule has 3 N–H and O–H groups in total. The number of nitrogens with zero attached hydrogens (tertiary/aromatic N) is 3. The second-order valence-corrected chi connectivity index (χ2v) is 5.57. The number of hydrogen-bond acceptors (Lipinski definition) is 11. The van der Waals surface area contributed by atoms with Crippen molar-refractivity contribution in [1.29, 1.82) is 0 Å². The fraction of sp³-hybridized carbons (Fsp3) is 0.222. The van der Waals surface area contributed by atoms with Crippen LogP contribution in [0.4, 0.5) is 4.39 Å². The number of aliphatic hydroxyl groups is 1. The molecule has 2 aromatic rings. The summed E-state index contributed by atoms with van der Waals surface area (Å²) in [7, 11) is 1.19. The van der Waals surface area contributed by atoms with Crippen LogP contribution in [0.25, 0.3) is 0 Å². The van der Waals surface area contributed by atoms with Crippen LogP contribution in [0.15, 0.2) is 35.7 Å². The van der Waals surface area contributed by atoms with Crippen LogP contribution < -0.4 is 15.0 Å². The highest BCUT2D eigenvalue weighted by molar-refractivity contribution is 6.45. The average molecular weight is 452 g/mol. The molecule has 0 unspecified atom stereocenters. The Kier molecular flexibility index (Phi) is 8.94. The van der Waals surface area contributed by atoms with Gasteiger partial charge >= 0.3 is 11.9 Å². The molecule has 13 nitrogen and oxygen atoms in total. The predicted octanol–water partition coefficient (Wildman–Crippen LogP) is 0.179. The Morgan fingerprint density at radius 2 is 1.91 bits per heavy atom. The molecular formula is C18H17FN4O9. The Bertz CT molecular complexity index is 1020. The molecule has 1 aromatic carbocycles. The molecule has 0 aliphatic heterocycles. The van der Waals surface area contributed by atoms with Gasteiger partial charge in [-0.05, 0) is 12.1 Å². The monoisotopic (exact) mass is 452 g/mol. The quantitative estimate of drug-likeness (QED) is 0.139. The van der Waals surface area contributed by atoms with Gasteiger partial charge in [0.15, 0.2) is 5.71 Å². The predicted molar refractivity (Wildman–Crippen MR) is 101 cm³/mol. The first kappa shape index (κ1) is 24.1. The van der Waals surface area contributed by atoms with Crippen LogP contribution >= 0.6 is 0 Å². The Morgan fingerprint density at radius 1 is 1.19 bits per heavy atom. The van der Waals surface area contributed by atoms with E-state index in [9.17, 15) is 18.8 Å². The lowest BCUT2D eigenvalue weighted by molar-refractivity contribution is -0.146. The number of para-hydroxylation sites is 1. The molecule has 0 bridgehead atoms. The third-order valence-corrected chi connectivity index (χ3v) is 3.34. The highest BCUT2D eigenvalue weighted by Crippen LogP contribution is 2.29. The van der Waals surface area contributed by atoms with Crippen molar-refractivity contribution in [2.24, 2.45) is 5.16 Å². The number of hydroxylamine groups is 1. The van der Waals surface area contributed by atoms with Gasteiger partial charge in [-0.15, -0.1) is 0 Å². The van der Waals surface area contributed by atoms with Gasteiger partial charge in [-0.1, -0.05) is 17.3 Å². The maximum absolute atomic E-state index is 14.6. The first-order valence-electron chi connectivity index (χ1n) is 8.71. The van der Waals surface area contributed by atoms with Crippen molar-refractivity contribution >= 4 is 23.6 Å². The van der Waals surface area contributed by atoms with Crippen LogP contribution in [0.3, 0.4) is 0 Å². The molecule has 0 atom stereocenters. The van der Waals surface area contributed by atoms with Crippen molar-refractivity contribution in [2.45, 2.75) is 6.42 Å². The molecular weight excluding hydrogens is 435 g/mol. The van der Waals surface area contributed by atoms with E-state index in [0.717, 1.165) is 6.33 Å². The number of carbonyl (C=O) groups excluding carboxylic acids is 2. The molecule has 0 spiro atoms. The molecule has 1 aromatic heterocycles. The highest BCUT2D eigenvalue weighted by Gasteiger charge is 2.23. The zero-order chi connectivity index (χ0) is 23.5. The molecule has 2 rings (SSSR count). The zero-order valence-corrected chi connectivity index (χ0v) is 16.5. The topological polar surface area (TPSA) is 179 Å². The maximum atomic E-state index is 14.6. The van der Waals surface area contributed by atoms with Gasteiger partial charge in [-0.3, -0.25) is 19.2 Å². The van der Waals surface area contributed by atoms with E-state index in [0.29, 0.717) is 0 Å². The van der Waals surface area contributed by atoms with Crippen LogP contribution in [0, 0.1) is 5.82 Å². The number of aliphatic carboxylic acids is 1. The van der Waals surface area contributed by atoms with Crippen molar-refractivity contribution in [3.05, 3.63) is 42.0 Å². The molecule has 0 saturated carbocycles. The van der Waals surface area contributed by atoms with Crippen molar-refractivity contribution in [2.75, 3.05) is 20.3 Å². The van der Waals surface area contributed by atoms with Crippen molar-refractivity contribution in [3.8, 4) is 17.5 Å². The van der Waals surface area contributed by atoms with Crippen LogP contribution in [0.5, 0.6) is 17.5 Å². The summed E-state index contributed by atoms with van der Waals surface area (Å²) in [5, 5.41) is 20.9.